The average Bonchev–Trinajstić information content (AvgIpc) is 2.83. The molecule has 18 heavy (non-hydrogen) atoms. The molecule has 1 amide bonds. The van der Waals surface area contributed by atoms with Gasteiger partial charge in [-0.3, -0.25) is 4.79 Å². The third-order valence-corrected chi connectivity index (χ3v) is 3.55. The van der Waals surface area contributed by atoms with Crippen molar-refractivity contribution in [3.8, 4) is 0 Å². The van der Waals surface area contributed by atoms with Gasteiger partial charge in [0.05, 0.1) is 6.04 Å². The Bertz CT molecular complexity index is 229. The van der Waals surface area contributed by atoms with Crippen molar-refractivity contribution in [2.75, 3.05) is 32.7 Å². The maximum absolute atomic E-state index is 11.8. The van der Waals surface area contributed by atoms with Gasteiger partial charge in [-0.05, 0) is 45.3 Å². The third-order valence-electron chi connectivity index (χ3n) is 3.55. The summed E-state index contributed by atoms with van der Waals surface area (Å²) in [6.07, 6.45) is 6.01. The molecular weight excluding hydrogens is 273 g/mol. The van der Waals surface area contributed by atoms with Gasteiger partial charge in [-0.1, -0.05) is 6.42 Å². The number of carbonyl (C=O) groups excluding carboxylic acids is 1. The molecule has 0 spiro atoms. The van der Waals surface area contributed by atoms with Gasteiger partial charge in [-0.15, -0.1) is 24.8 Å². The fraction of sp³-hybridized carbons (Fsp3) is 0.917. The smallest absolute Gasteiger partial charge is 0.237 e. The largest absolute Gasteiger partial charge is 0.353 e. The second kappa shape index (κ2) is 9.84. The Hall–Kier alpha value is -0.0300. The molecule has 2 aliphatic heterocycles. The van der Waals surface area contributed by atoms with Gasteiger partial charge >= 0.3 is 0 Å². The van der Waals surface area contributed by atoms with E-state index in [-0.39, 0.29) is 36.8 Å². The zero-order chi connectivity index (χ0) is 11.2. The van der Waals surface area contributed by atoms with E-state index in [0.29, 0.717) is 0 Å². The SMILES string of the molecule is Cl.Cl.O=C(NCCN1CCCC1)[C@@H]1CCCCN1. The van der Waals surface area contributed by atoms with E-state index in [2.05, 4.69) is 15.5 Å². The molecule has 0 aliphatic carbocycles. The van der Waals surface area contributed by atoms with Gasteiger partial charge in [0, 0.05) is 13.1 Å². The van der Waals surface area contributed by atoms with Crippen molar-refractivity contribution in [3.05, 3.63) is 0 Å². The number of likely N-dealkylation sites (tertiary alicyclic amines) is 1. The summed E-state index contributed by atoms with van der Waals surface area (Å²) in [4.78, 5) is 14.2. The minimum absolute atomic E-state index is 0. The Morgan fingerprint density at radius 2 is 1.89 bits per heavy atom. The zero-order valence-electron chi connectivity index (χ0n) is 10.8. The molecule has 6 heteroatoms. The van der Waals surface area contributed by atoms with E-state index in [1.807, 2.05) is 0 Å². The summed E-state index contributed by atoms with van der Waals surface area (Å²) in [5, 5.41) is 6.31. The van der Waals surface area contributed by atoms with Gasteiger partial charge in [-0.2, -0.15) is 0 Å². The van der Waals surface area contributed by atoms with Crippen molar-refractivity contribution < 1.29 is 4.79 Å². The first kappa shape index (κ1) is 18.0. The molecule has 0 aromatic carbocycles. The van der Waals surface area contributed by atoms with Crippen LogP contribution in [-0.2, 0) is 4.79 Å². The van der Waals surface area contributed by atoms with Crippen molar-refractivity contribution in [3.63, 3.8) is 0 Å². The van der Waals surface area contributed by atoms with Crippen molar-refractivity contribution in [1.29, 1.82) is 0 Å². The molecular formula is C12H25Cl2N3O. The second-order valence-corrected chi connectivity index (χ2v) is 4.84. The summed E-state index contributed by atoms with van der Waals surface area (Å²) in [5.74, 6) is 0.193. The summed E-state index contributed by atoms with van der Waals surface area (Å²) < 4.78 is 0. The van der Waals surface area contributed by atoms with Gasteiger partial charge in [0.25, 0.3) is 0 Å². The maximum atomic E-state index is 11.8. The molecule has 2 N–H and O–H groups in total. The van der Waals surface area contributed by atoms with Crippen LogP contribution in [0.3, 0.4) is 0 Å². The molecule has 0 aromatic rings. The number of hydrogen-bond acceptors (Lipinski definition) is 3. The Morgan fingerprint density at radius 3 is 2.50 bits per heavy atom. The minimum atomic E-state index is 0. The standard InChI is InChI=1S/C12H23N3O.2ClH/c16-12(11-5-1-2-6-13-11)14-7-10-15-8-3-4-9-15;;/h11,13H,1-10H2,(H,14,16);2*1H/t11-;;/m0../s1. The molecule has 2 saturated heterocycles. The number of halogens is 2. The highest BCUT2D eigenvalue weighted by Gasteiger charge is 2.20. The van der Waals surface area contributed by atoms with Crippen molar-refractivity contribution in [2.24, 2.45) is 0 Å². The predicted molar refractivity (Wildman–Crippen MR) is 78.8 cm³/mol. The minimum Gasteiger partial charge on any atom is -0.353 e. The molecule has 2 heterocycles. The van der Waals surface area contributed by atoms with E-state index in [1.54, 1.807) is 0 Å². The molecule has 108 valence electrons. The Morgan fingerprint density at radius 1 is 1.17 bits per heavy atom. The number of rotatable bonds is 4. The van der Waals surface area contributed by atoms with Crippen LogP contribution in [0.15, 0.2) is 0 Å². The molecule has 2 fully saturated rings. The Kier molecular flexibility index (Phi) is 9.83. The molecule has 4 nitrogen and oxygen atoms in total. The fourth-order valence-corrected chi connectivity index (χ4v) is 2.54. The van der Waals surface area contributed by atoms with Crippen LogP contribution in [0.2, 0.25) is 0 Å². The number of amides is 1. The van der Waals surface area contributed by atoms with E-state index in [4.69, 9.17) is 0 Å². The van der Waals surface area contributed by atoms with Crippen LogP contribution in [0, 0.1) is 0 Å². The number of nitrogens with one attached hydrogen (secondary N) is 2. The third kappa shape index (κ3) is 5.74. The van der Waals surface area contributed by atoms with Crippen molar-refractivity contribution >= 4 is 30.7 Å². The topological polar surface area (TPSA) is 44.4 Å². The van der Waals surface area contributed by atoms with Gasteiger partial charge in [0.1, 0.15) is 0 Å². The molecule has 0 aromatic heterocycles. The first-order valence-corrected chi connectivity index (χ1v) is 6.60. The summed E-state index contributed by atoms with van der Waals surface area (Å²) in [7, 11) is 0. The summed E-state index contributed by atoms with van der Waals surface area (Å²) in [6.45, 7) is 5.22. The van der Waals surface area contributed by atoms with E-state index < -0.39 is 0 Å². The summed E-state index contributed by atoms with van der Waals surface area (Å²) in [6, 6.07) is 0.0623. The lowest BCUT2D eigenvalue weighted by molar-refractivity contribution is -0.123. The van der Waals surface area contributed by atoms with E-state index in [9.17, 15) is 4.79 Å². The second-order valence-electron chi connectivity index (χ2n) is 4.84. The van der Waals surface area contributed by atoms with Crippen LogP contribution < -0.4 is 10.6 Å². The summed E-state index contributed by atoms with van der Waals surface area (Å²) >= 11 is 0. The highest BCUT2D eigenvalue weighted by atomic mass is 35.5. The van der Waals surface area contributed by atoms with Crippen LogP contribution in [0.4, 0.5) is 0 Å². The first-order valence-electron chi connectivity index (χ1n) is 6.60. The highest BCUT2D eigenvalue weighted by Crippen LogP contribution is 2.07. The number of carbonyl (C=O) groups is 1. The first-order chi connectivity index (χ1) is 7.86. The van der Waals surface area contributed by atoms with E-state index in [1.165, 1.54) is 38.8 Å². The molecule has 0 unspecified atom stereocenters. The molecule has 0 bridgehead atoms. The zero-order valence-corrected chi connectivity index (χ0v) is 12.5. The van der Waals surface area contributed by atoms with E-state index in [0.717, 1.165) is 26.1 Å². The monoisotopic (exact) mass is 297 g/mol. The fourth-order valence-electron chi connectivity index (χ4n) is 2.54. The van der Waals surface area contributed by atoms with Gasteiger partial charge in [0.15, 0.2) is 0 Å². The number of hydrogen-bond donors (Lipinski definition) is 2. The van der Waals surface area contributed by atoms with Gasteiger partial charge in [-0.25, -0.2) is 0 Å². The molecule has 0 radical (unpaired) electrons. The van der Waals surface area contributed by atoms with Crippen molar-refractivity contribution in [1.82, 2.24) is 15.5 Å². The Balaban J connectivity index is 0.00000144. The number of piperidine rings is 1. The molecule has 1 atom stereocenters. The van der Waals surface area contributed by atoms with Crippen LogP contribution in [0.1, 0.15) is 32.1 Å². The number of nitrogens with zero attached hydrogens (tertiary/aromatic N) is 1. The normalized spacial score (nSPS) is 23.9. The van der Waals surface area contributed by atoms with Gasteiger partial charge in [0.2, 0.25) is 5.91 Å². The van der Waals surface area contributed by atoms with Gasteiger partial charge < -0.3 is 15.5 Å². The predicted octanol–water partition coefficient (Wildman–Crippen LogP) is 1.18. The molecule has 0 saturated carbocycles. The van der Waals surface area contributed by atoms with Crippen LogP contribution in [0.5, 0.6) is 0 Å². The van der Waals surface area contributed by atoms with E-state index >= 15 is 0 Å². The van der Waals surface area contributed by atoms with Crippen LogP contribution in [-0.4, -0.2) is 49.6 Å². The molecule has 2 rings (SSSR count). The molecule has 2 aliphatic rings. The average molecular weight is 298 g/mol. The van der Waals surface area contributed by atoms with Crippen LogP contribution in [0.25, 0.3) is 0 Å². The lowest BCUT2D eigenvalue weighted by Crippen LogP contribution is -2.48. The highest BCUT2D eigenvalue weighted by molar-refractivity contribution is 5.85. The maximum Gasteiger partial charge on any atom is 0.237 e. The quantitative estimate of drug-likeness (QED) is 0.819. The lowest BCUT2D eigenvalue weighted by atomic mass is 10.0. The lowest BCUT2D eigenvalue weighted by Gasteiger charge is -2.23. The van der Waals surface area contributed by atoms with Crippen LogP contribution >= 0.6 is 24.8 Å². The van der Waals surface area contributed by atoms with Crippen molar-refractivity contribution in [2.45, 2.75) is 38.1 Å². The Labute approximate surface area is 122 Å². The summed E-state index contributed by atoms with van der Waals surface area (Å²) in [5.41, 5.74) is 0.